The summed E-state index contributed by atoms with van der Waals surface area (Å²) in [5.74, 6) is -0.462. The maximum absolute atomic E-state index is 12.0. The number of piperidine rings is 1. The maximum atomic E-state index is 12.0. The lowest BCUT2D eigenvalue weighted by atomic mass is 10.0. The van der Waals surface area contributed by atoms with Crippen LogP contribution in [-0.2, 0) is 16.0 Å². The smallest absolute Gasteiger partial charge is 0.408 e. The molecule has 0 aliphatic carbocycles. The molecule has 1 amide bonds. The number of carbonyl (C=O) groups excluding carboxylic acids is 1. The van der Waals surface area contributed by atoms with E-state index in [4.69, 9.17) is 9.47 Å². The number of amides is 1. The predicted molar refractivity (Wildman–Crippen MR) is 108 cm³/mol. The van der Waals surface area contributed by atoms with E-state index in [2.05, 4.69) is 10.2 Å². The van der Waals surface area contributed by atoms with E-state index in [1.165, 1.54) is 19.3 Å². The molecule has 1 aliphatic heterocycles. The molecule has 0 aromatic heterocycles. The molecule has 1 unspecified atom stereocenters. The summed E-state index contributed by atoms with van der Waals surface area (Å²) in [5, 5.41) is 12.0. The number of hydrogen-bond donors (Lipinski definition) is 2. The second kappa shape index (κ2) is 9.66. The summed E-state index contributed by atoms with van der Waals surface area (Å²) in [6.07, 6.45) is 2.97. The summed E-state index contributed by atoms with van der Waals surface area (Å²) in [7, 11) is 0. The highest BCUT2D eigenvalue weighted by Crippen LogP contribution is 2.29. The van der Waals surface area contributed by atoms with Gasteiger partial charge in [0.2, 0.25) is 0 Å². The first kappa shape index (κ1) is 21.9. The Morgan fingerprint density at radius 2 is 1.89 bits per heavy atom. The van der Waals surface area contributed by atoms with Crippen LogP contribution in [0, 0.1) is 0 Å². The van der Waals surface area contributed by atoms with Gasteiger partial charge in [-0.15, -0.1) is 0 Å². The van der Waals surface area contributed by atoms with Crippen LogP contribution in [0.15, 0.2) is 18.2 Å². The number of alkyl carbamates (subject to hydrolysis) is 1. The maximum Gasteiger partial charge on any atom is 0.408 e. The molecule has 0 radical (unpaired) electrons. The predicted octanol–water partition coefficient (Wildman–Crippen LogP) is 3.60. The lowest BCUT2D eigenvalue weighted by Crippen LogP contribution is -2.44. The van der Waals surface area contributed by atoms with Gasteiger partial charge in [0, 0.05) is 31.3 Å². The molecule has 0 saturated carbocycles. The topological polar surface area (TPSA) is 88.1 Å². The highest BCUT2D eigenvalue weighted by Gasteiger charge is 2.25. The molecule has 7 nitrogen and oxygen atoms in total. The van der Waals surface area contributed by atoms with Crippen LogP contribution in [0.25, 0.3) is 0 Å². The molecule has 2 N–H and O–H groups in total. The van der Waals surface area contributed by atoms with E-state index in [-0.39, 0.29) is 6.42 Å². The molecule has 156 valence electrons. The molecule has 2 rings (SSSR count). The van der Waals surface area contributed by atoms with Crippen molar-refractivity contribution in [1.29, 1.82) is 0 Å². The van der Waals surface area contributed by atoms with E-state index >= 15 is 0 Å². The largest absolute Gasteiger partial charge is 0.494 e. The minimum atomic E-state index is -1.12. The third-order valence-electron chi connectivity index (χ3n) is 4.48. The van der Waals surface area contributed by atoms with Crippen molar-refractivity contribution in [2.45, 2.75) is 65.0 Å². The van der Waals surface area contributed by atoms with Gasteiger partial charge in [0.1, 0.15) is 17.4 Å². The molecule has 1 heterocycles. The zero-order valence-electron chi connectivity index (χ0n) is 17.3. The quantitative estimate of drug-likeness (QED) is 0.737. The third-order valence-corrected chi connectivity index (χ3v) is 4.48. The Morgan fingerprint density at radius 3 is 2.46 bits per heavy atom. The number of rotatable bonds is 7. The normalized spacial score (nSPS) is 15.6. The summed E-state index contributed by atoms with van der Waals surface area (Å²) in [6.45, 7) is 9.60. The van der Waals surface area contributed by atoms with Crippen molar-refractivity contribution in [2.75, 3.05) is 24.6 Å². The second-order valence-corrected chi connectivity index (χ2v) is 8.01. The molecular formula is C21H32N2O5. The van der Waals surface area contributed by atoms with Crippen LogP contribution in [0.4, 0.5) is 10.5 Å². The van der Waals surface area contributed by atoms with E-state index in [1.807, 2.05) is 25.1 Å². The number of nitrogens with one attached hydrogen (secondary N) is 1. The average Bonchev–Trinajstić information content (AvgIpc) is 2.61. The third kappa shape index (κ3) is 6.62. The zero-order valence-corrected chi connectivity index (χ0v) is 17.3. The van der Waals surface area contributed by atoms with Crippen molar-refractivity contribution in [3.63, 3.8) is 0 Å². The van der Waals surface area contributed by atoms with Gasteiger partial charge >= 0.3 is 12.1 Å². The number of aliphatic carboxylic acids is 1. The fourth-order valence-electron chi connectivity index (χ4n) is 3.22. The van der Waals surface area contributed by atoms with Gasteiger partial charge in [-0.3, -0.25) is 0 Å². The summed E-state index contributed by atoms with van der Waals surface area (Å²) >= 11 is 0. The number of carboxylic acid groups (broad SMARTS) is 1. The number of nitrogens with zero attached hydrogens (tertiary/aromatic N) is 1. The Hall–Kier alpha value is -2.44. The van der Waals surface area contributed by atoms with E-state index in [1.54, 1.807) is 20.8 Å². The van der Waals surface area contributed by atoms with Crippen LogP contribution < -0.4 is 15.0 Å². The van der Waals surface area contributed by atoms with Crippen molar-refractivity contribution in [2.24, 2.45) is 0 Å². The van der Waals surface area contributed by atoms with Crippen molar-refractivity contribution in [3.05, 3.63) is 23.8 Å². The number of anilines is 1. The van der Waals surface area contributed by atoms with Crippen LogP contribution in [0.3, 0.4) is 0 Å². The highest BCUT2D eigenvalue weighted by atomic mass is 16.6. The van der Waals surface area contributed by atoms with Gasteiger partial charge in [0.25, 0.3) is 0 Å². The lowest BCUT2D eigenvalue weighted by Gasteiger charge is -2.29. The molecule has 1 saturated heterocycles. The first-order valence-electron chi connectivity index (χ1n) is 9.92. The highest BCUT2D eigenvalue weighted by molar-refractivity contribution is 5.80. The zero-order chi connectivity index (χ0) is 20.7. The molecule has 1 aromatic rings. The average molecular weight is 392 g/mol. The van der Waals surface area contributed by atoms with Crippen LogP contribution >= 0.6 is 0 Å². The molecule has 0 bridgehead atoms. The van der Waals surface area contributed by atoms with Crippen molar-refractivity contribution in [1.82, 2.24) is 5.32 Å². The van der Waals surface area contributed by atoms with Gasteiger partial charge in [0.05, 0.1) is 6.61 Å². The van der Waals surface area contributed by atoms with Gasteiger partial charge in [0.15, 0.2) is 0 Å². The number of ether oxygens (including phenoxy) is 2. The van der Waals surface area contributed by atoms with Crippen molar-refractivity contribution in [3.8, 4) is 5.75 Å². The van der Waals surface area contributed by atoms with E-state index in [9.17, 15) is 14.7 Å². The van der Waals surface area contributed by atoms with Gasteiger partial charge in [-0.2, -0.15) is 0 Å². The Morgan fingerprint density at radius 1 is 1.21 bits per heavy atom. The van der Waals surface area contributed by atoms with E-state index in [0.717, 1.165) is 24.3 Å². The van der Waals surface area contributed by atoms with Gasteiger partial charge in [-0.1, -0.05) is 6.07 Å². The molecule has 7 heteroatoms. The minimum absolute atomic E-state index is 0.115. The Kier molecular flexibility index (Phi) is 7.54. The van der Waals surface area contributed by atoms with Crippen molar-refractivity contribution < 1.29 is 24.2 Å². The molecule has 1 aromatic carbocycles. The summed E-state index contributed by atoms with van der Waals surface area (Å²) < 4.78 is 11.0. The van der Waals surface area contributed by atoms with Gasteiger partial charge in [-0.25, -0.2) is 9.59 Å². The molecule has 28 heavy (non-hydrogen) atoms. The Bertz CT molecular complexity index is 678. The lowest BCUT2D eigenvalue weighted by molar-refractivity contribution is -0.139. The number of benzene rings is 1. The van der Waals surface area contributed by atoms with Crippen LogP contribution in [0.5, 0.6) is 5.75 Å². The van der Waals surface area contributed by atoms with Gasteiger partial charge in [-0.05, 0) is 58.6 Å². The standard InChI is InChI=1S/C21H32N2O5/c1-5-27-18-14-16(23-11-7-6-8-12-23)10-9-15(18)13-17(19(24)25)22-20(26)28-21(2,3)4/h9-10,14,17H,5-8,11-13H2,1-4H3,(H,22,26)(H,24,25). The molecule has 1 fully saturated rings. The number of carbonyl (C=O) groups is 2. The molecule has 1 aliphatic rings. The monoisotopic (exact) mass is 392 g/mol. The summed E-state index contributed by atoms with van der Waals surface area (Å²) in [4.78, 5) is 26.0. The fourth-order valence-corrected chi connectivity index (χ4v) is 3.22. The minimum Gasteiger partial charge on any atom is -0.494 e. The first-order chi connectivity index (χ1) is 13.2. The Labute approximate surface area is 167 Å². The Balaban J connectivity index is 2.16. The van der Waals surface area contributed by atoms with Crippen LogP contribution in [-0.4, -0.2) is 48.5 Å². The van der Waals surface area contributed by atoms with E-state index < -0.39 is 23.7 Å². The van der Waals surface area contributed by atoms with Crippen LogP contribution in [0.1, 0.15) is 52.5 Å². The van der Waals surface area contributed by atoms with Crippen molar-refractivity contribution >= 4 is 17.7 Å². The van der Waals surface area contributed by atoms with Crippen LogP contribution in [0.2, 0.25) is 0 Å². The molecule has 0 spiro atoms. The number of carboxylic acids is 1. The van der Waals surface area contributed by atoms with Gasteiger partial charge < -0.3 is 24.8 Å². The SMILES string of the molecule is CCOc1cc(N2CCCCC2)ccc1CC(NC(=O)OC(C)(C)C)C(=O)O. The second-order valence-electron chi connectivity index (χ2n) is 8.01. The first-order valence-corrected chi connectivity index (χ1v) is 9.92. The fraction of sp³-hybridized carbons (Fsp3) is 0.619. The van der Waals surface area contributed by atoms with E-state index in [0.29, 0.717) is 12.4 Å². The molecule has 1 atom stereocenters. The summed E-state index contributed by atoms with van der Waals surface area (Å²) in [5.41, 5.74) is 1.13. The number of hydrogen-bond acceptors (Lipinski definition) is 5. The molecular weight excluding hydrogens is 360 g/mol. The summed E-state index contributed by atoms with van der Waals surface area (Å²) in [6, 6.07) is 4.75.